The van der Waals surface area contributed by atoms with Crippen molar-refractivity contribution in [1.29, 1.82) is 0 Å². The van der Waals surface area contributed by atoms with Crippen molar-refractivity contribution in [2.24, 2.45) is 0 Å². The SMILES string of the molecule is O=C(Cn1cccn1)Nc1cccnc1C(=O)O. The molecule has 0 aromatic carbocycles. The number of hydrogen-bond donors (Lipinski definition) is 2. The molecule has 0 radical (unpaired) electrons. The number of carboxylic acid groups (broad SMARTS) is 1. The Morgan fingerprint density at radius 3 is 2.83 bits per heavy atom. The summed E-state index contributed by atoms with van der Waals surface area (Å²) >= 11 is 0. The van der Waals surface area contributed by atoms with Crippen LogP contribution in [0.25, 0.3) is 0 Å². The highest BCUT2D eigenvalue weighted by molar-refractivity contribution is 5.98. The molecular weight excluding hydrogens is 236 g/mol. The van der Waals surface area contributed by atoms with E-state index in [1.54, 1.807) is 24.5 Å². The summed E-state index contributed by atoms with van der Waals surface area (Å²) in [5, 5.41) is 15.3. The highest BCUT2D eigenvalue weighted by atomic mass is 16.4. The molecule has 2 aromatic heterocycles. The number of pyridine rings is 1. The Morgan fingerprint density at radius 1 is 1.33 bits per heavy atom. The molecule has 0 unspecified atom stereocenters. The molecule has 0 aliphatic heterocycles. The lowest BCUT2D eigenvalue weighted by Gasteiger charge is -2.07. The third-order valence-corrected chi connectivity index (χ3v) is 2.15. The number of carboxylic acids is 1. The van der Waals surface area contributed by atoms with Crippen LogP contribution in [-0.4, -0.2) is 31.7 Å². The van der Waals surface area contributed by atoms with E-state index in [0.29, 0.717) is 0 Å². The number of amides is 1. The summed E-state index contributed by atoms with van der Waals surface area (Å²) in [5.74, 6) is -1.56. The fourth-order valence-electron chi connectivity index (χ4n) is 1.41. The van der Waals surface area contributed by atoms with Crippen molar-refractivity contribution in [1.82, 2.24) is 14.8 Å². The molecule has 7 nitrogen and oxygen atoms in total. The second-order valence-electron chi connectivity index (χ2n) is 3.46. The smallest absolute Gasteiger partial charge is 0.356 e. The predicted octanol–water partition coefficient (Wildman–Crippen LogP) is 0.615. The number of hydrogen-bond acceptors (Lipinski definition) is 4. The zero-order valence-corrected chi connectivity index (χ0v) is 9.28. The molecule has 2 aromatic rings. The summed E-state index contributed by atoms with van der Waals surface area (Å²) in [5.41, 5.74) is -0.0199. The Morgan fingerprint density at radius 2 is 2.17 bits per heavy atom. The van der Waals surface area contributed by atoms with Gasteiger partial charge >= 0.3 is 5.97 Å². The van der Waals surface area contributed by atoms with Crippen LogP contribution < -0.4 is 5.32 Å². The molecule has 92 valence electrons. The van der Waals surface area contributed by atoms with Crippen LogP contribution >= 0.6 is 0 Å². The van der Waals surface area contributed by atoms with Crippen molar-refractivity contribution in [3.8, 4) is 0 Å². The first-order valence-electron chi connectivity index (χ1n) is 5.12. The van der Waals surface area contributed by atoms with Gasteiger partial charge in [0, 0.05) is 18.6 Å². The topological polar surface area (TPSA) is 97.1 Å². The zero-order chi connectivity index (χ0) is 13.0. The van der Waals surface area contributed by atoms with Gasteiger partial charge in [-0.1, -0.05) is 0 Å². The van der Waals surface area contributed by atoms with E-state index >= 15 is 0 Å². The van der Waals surface area contributed by atoms with Gasteiger partial charge in [-0.25, -0.2) is 9.78 Å². The van der Waals surface area contributed by atoms with Gasteiger partial charge in [0.25, 0.3) is 0 Å². The summed E-state index contributed by atoms with van der Waals surface area (Å²) < 4.78 is 1.44. The van der Waals surface area contributed by atoms with E-state index in [1.165, 1.54) is 16.9 Å². The normalized spacial score (nSPS) is 10.0. The van der Waals surface area contributed by atoms with Crippen LogP contribution in [0.4, 0.5) is 5.69 Å². The van der Waals surface area contributed by atoms with E-state index in [4.69, 9.17) is 5.11 Å². The highest BCUT2D eigenvalue weighted by Gasteiger charge is 2.13. The van der Waals surface area contributed by atoms with Crippen LogP contribution in [0.5, 0.6) is 0 Å². The van der Waals surface area contributed by atoms with Gasteiger partial charge in [0.15, 0.2) is 5.69 Å². The van der Waals surface area contributed by atoms with Gasteiger partial charge in [0.1, 0.15) is 6.54 Å². The Hall–Kier alpha value is -2.70. The molecule has 0 saturated heterocycles. The molecule has 7 heteroatoms. The van der Waals surface area contributed by atoms with E-state index in [1.807, 2.05) is 0 Å². The second-order valence-corrected chi connectivity index (χ2v) is 3.46. The van der Waals surface area contributed by atoms with Crippen molar-refractivity contribution < 1.29 is 14.7 Å². The summed E-state index contributed by atoms with van der Waals surface area (Å²) in [6.07, 6.45) is 4.55. The van der Waals surface area contributed by atoms with E-state index in [2.05, 4.69) is 15.4 Å². The van der Waals surface area contributed by atoms with Crippen LogP contribution in [0, 0.1) is 0 Å². The van der Waals surface area contributed by atoms with E-state index in [-0.39, 0.29) is 23.8 Å². The first kappa shape index (κ1) is 11.8. The third kappa shape index (κ3) is 2.70. The number of nitrogens with one attached hydrogen (secondary N) is 1. The monoisotopic (exact) mass is 246 g/mol. The Kier molecular flexibility index (Phi) is 3.33. The number of anilines is 1. The molecule has 2 heterocycles. The first-order valence-corrected chi connectivity index (χ1v) is 5.12. The van der Waals surface area contributed by atoms with Crippen LogP contribution in [0.1, 0.15) is 10.5 Å². The quantitative estimate of drug-likeness (QED) is 0.824. The van der Waals surface area contributed by atoms with Crippen LogP contribution in [0.15, 0.2) is 36.8 Å². The molecule has 0 spiro atoms. The zero-order valence-electron chi connectivity index (χ0n) is 9.28. The average Bonchev–Trinajstić information content (AvgIpc) is 2.82. The minimum Gasteiger partial charge on any atom is -0.476 e. The maximum Gasteiger partial charge on any atom is 0.356 e. The fraction of sp³-hybridized carbons (Fsp3) is 0.0909. The van der Waals surface area contributed by atoms with Crippen LogP contribution in [0.2, 0.25) is 0 Å². The molecule has 0 atom stereocenters. The molecule has 0 bridgehead atoms. The molecule has 0 aliphatic carbocycles. The molecule has 1 amide bonds. The number of aromatic carboxylic acids is 1. The minimum atomic E-state index is -1.19. The number of carbonyl (C=O) groups excluding carboxylic acids is 1. The highest BCUT2D eigenvalue weighted by Crippen LogP contribution is 2.11. The van der Waals surface area contributed by atoms with Crippen molar-refractivity contribution in [3.05, 3.63) is 42.5 Å². The molecule has 0 aliphatic rings. The maximum atomic E-state index is 11.7. The van der Waals surface area contributed by atoms with Gasteiger partial charge in [-0.3, -0.25) is 9.48 Å². The molecule has 0 fully saturated rings. The number of carbonyl (C=O) groups is 2. The maximum absolute atomic E-state index is 11.7. The predicted molar refractivity (Wildman–Crippen MR) is 62.1 cm³/mol. The Balaban J connectivity index is 2.09. The minimum absolute atomic E-state index is 0.0148. The second kappa shape index (κ2) is 5.09. The third-order valence-electron chi connectivity index (χ3n) is 2.15. The standard InChI is InChI=1S/C11H10N4O3/c16-9(7-15-6-2-5-13-15)14-8-3-1-4-12-10(8)11(17)18/h1-6H,7H2,(H,14,16)(H,17,18). The lowest BCUT2D eigenvalue weighted by atomic mass is 10.3. The molecule has 2 N–H and O–H groups in total. The summed E-state index contributed by atoms with van der Waals surface area (Å²) in [6, 6.07) is 4.73. The first-order chi connectivity index (χ1) is 8.66. The molecule has 0 saturated carbocycles. The largest absolute Gasteiger partial charge is 0.476 e. The van der Waals surface area contributed by atoms with Crippen molar-refractivity contribution in [2.45, 2.75) is 6.54 Å². The van der Waals surface area contributed by atoms with Gasteiger partial charge in [0.2, 0.25) is 5.91 Å². The van der Waals surface area contributed by atoms with Crippen LogP contribution in [-0.2, 0) is 11.3 Å². The van der Waals surface area contributed by atoms with Gasteiger partial charge in [-0.05, 0) is 18.2 Å². The molecule has 2 rings (SSSR count). The van der Waals surface area contributed by atoms with E-state index in [0.717, 1.165) is 0 Å². The average molecular weight is 246 g/mol. The lowest BCUT2D eigenvalue weighted by Crippen LogP contribution is -2.20. The van der Waals surface area contributed by atoms with Gasteiger partial charge in [0.05, 0.1) is 5.69 Å². The van der Waals surface area contributed by atoms with Crippen molar-refractivity contribution >= 4 is 17.6 Å². The summed E-state index contributed by atoms with van der Waals surface area (Å²) in [7, 11) is 0. The number of aromatic nitrogens is 3. The summed E-state index contributed by atoms with van der Waals surface area (Å²) in [6.45, 7) is 0.0148. The van der Waals surface area contributed by atoms with Crippen molar-refractivity contribution in [2.75, 3.05) is 5.32 Å². The Labute approximate surface area is 102 Å². The number of rotatable bonds is 4. The molecular formula is C11H10N4O3. The lowest BCUT2D eigenvalue weighted by molar-refractivity contribution is -0.116. The Bertz CT molecular complexity index is 565. The van der Waals surface area contributed by atoms with Gasteiger partial charge in [-0.2, -0.15) is 5.10 Å². The van der Waals surface area contributed by atoms with Crippen molar-refractivity contribution in [3.63, 3.8) is 0 Å². The van der Waals surface area contributed by atoms with Crippen LogP contribution in [0.3, 0.4) is 0 Å². The van der Waals surface area contributed by atoms with E-state index < -0.39 is 5.97 Å². The van der Waals surface area contributed by atoms with Gasteiger partial charge in [-0.15, -0.1) is 0 Å². The van der Waals surface area contributed by atoms with Gasteiger partial charge < -0.3 is 10.4 Å². The van der Waals surface area contributed by atoms with E-state index in [9.17, 15) is 9.59 Å². The summed E-state index contributed by atoms with van der Waals surface area (Å²) in [4.78, 5) is 26.2. The fourth-order valence-corrected chi connectivity index (χ4v) is 1.41. The number of nitrogens with zero attached hydrogens (tertiary/aromatic N) is 3. The molecule has 18 heavy (non-hydrogen) atoms.